The normalized spacial score (nSPS) is 12.1. The van der Waals surface area contributed by atoms with Crippen molar-refractivity contribution in [3.8, 4) is 22.5 Å². The molecular formula is C72H58N4. The van der Waals surface area contributed by atoms with Gasteiger partial charge in [0.1, 0.15) is 0 Å². The summed E-state index contributed by atoms with van der Waals surface area (Å²) in [7, 11) is 0. The molecule has 4 heteroatoms. The van der Waals surface area contributed by atoms with Gasteiger partial charge in [0.25, 0.3) is 0 Å². The van der Waals surface area contributed by atoms with Crippen molar-refractivity contribution in [2.75, 3.05) is 10.6 Å². The van der Waals surface area contributed by atoms with Gasteiger partial charge in [0.2, 0.25) is 0 Å². The smallest absolute Gasteiger partial charge is 0.0952 e. The summed E-state index contributed by atoms with van der Waals surface area (Å²) >= 11 is 0. The summed E-state index contributed by atoms with van der Waals surface area (Å²) in [5.41, 5.74) is 16.0. The maximum Gasteiger partial charge on any atom is 0.0952 e. The summed E-state index contributed by atoms with van der Waals surface area (Å²) in [5, 5.41) is 20.1. The zero-order valence-electron chi connectivity index (χ0n) is 43.3. The van der Waals surface area contributed by atoms with Crippen molar-refractivity contribution in [3.63, 3.8) is 0 Å². The van der Waals surface area contributed by atoms with E-state index in [9.17, 15) is 0 Å². The minimum Gasteiger partial charge on any atom is -0.372 e. The van der Waals surface area contributed by atoms with Gasteiger partial charge in [-0.3, -0.25) is 9.97 Å². The van der Waals surface area contributed by atoms with Crippen LogP contribution in [0.2, 0.25) is 0 Å². The van der Waals surface area contributed by atoms with Crippen LogP contribution in [-0.4, -0.2) is 9.97 Å². The minimum absolute atomic E-state index is 0.0544. The van der Waals surface area contributed by atoms with E-state index in [2.05, 4.69) is 293 Å². The highest BCUT2D eigenvalue weighted by atomic mass is 15.0. The highest BCUT2D eigenvalue weighted by Crippen LogP contribution is 2.41. The number of hydrogen-bond donors (Lipinski definition) is 2. The van der Waals surface area contributed by atoms with Crippen molar-refractivity contribution in [1.29, 1.82) is 0 Å². The molecule has 366 valence electrons. The van der Waals surface area contributed by atoms with Gasteiger partial charge in [-0.1, -0.05) is 230 Å². The Hall–Kier alpha value is -9.38. The van der Waals surface area contributed by atoms with E-state index in [0.29, 0.717) is 0 Å². The molecule has 76 heavy (non-hydrogen) atoms. The Balaban J connectivity index is 0.000000159. The highest BCUT2D eigenvalue weighted by Gasteiger charge is 2.24. The standard InChI is InChI=1S/C41H30N2.C31H28N2/c1-27-24-25-29-13-3-9-20-35(29)40(27)43-41(39-33-18-7-4-14-30(33)26-31-15-5-8-19-34(31)39)38-23-11-22-37(42-38)36-21-10-16-28-12-2-6-17-32(28)36;1-21-19-22(2)30(23(3)20-21)33-31(25-12-5-4-6-13-25)29-18-10-17-28(32-29)27-16-9-14-24-11-7-8-15-26(24)27/h2-26,41,43H,1H3;4-20,31,33H,1-3H3. The van der Waals surface area contributed by atoms with E-state index in [1.807, 2.05) is 0 Å². The van der Waals surface area contributed by atoms with Gasteiger partial charge < -0.3 is 10.6 Å². The van der Waals surface area contributed by atoms with E-state index < -0.39 is 0 Å². The third kappa shape index (κ3) is 9.42. The van der Waals surface area contributed by atoms with Crippen LogP contribution in [0.1, 0.15) is 56.9 Å². The first-order valence-corrected chi connectivity index (χ1v) is 26.3. The molecule has 2 atom stereocenters. The Kier molecular flexibility index (Phi) is 13.1. The summed E-state index contributed by atoms with van der Waals surface area (Å²) in [6.07, 6.45) is 0. The van der Waals surface area contributed by atoms with Gasteiger partial charge in [0.05, 0.1) is 34.9 Å². The van der Waals surface area contributed by atoms with Crippen LogP contribution in [0.25, 0.3) is 76.4 Å². The number of nitrogens with zero attached hydrogens (tertiary/aromatic N) is 2. The van der Waals surface area contributed by atoms with Gasteiger partial charge >= 0.3 is 0 Å². The lowest BCUT2D eigenvalue weighted by molar-refractivity contribution is 0.885. The van der Waals surface area contributed by atoms with Gasteiger partial charge in [-0.25, -0.2) is 0 Å². The van der Waals surface area contributed by atoms with Crippen LogP contribution in [0.3, 0.4) is 0 Å². The van der Waals surface area contributed by atoms with Crippen LogP contribution < -0.4 is 10.6 Å². The first-order chi connectivity index (χ1) is 37.3. The molecule has 0 amide bonds. The van der Waals surface area contributed by atoms with Gasteiger partial charge in [-0.05, 0) is 134 Å². The maximum absolute atomic E-state index is 5.43. The van der Waals surface area contributed by atoms with Crippen LogP contribution in [-0.2, 0) is 0 Å². The number of aromatic nitrogens is 2. The molecule has 2 N–H and O–H groups in total. The van der Waals surface area contributed by atoms with E-state index in [0.717, 1.165) is 39.6 Å². The van der Waals surface area contributed by atoms with Gasteiger partial charge in [-0.2, -0.15) is 0 Å². The SMILES string of the molecule is Cc1cc(C)c(NC(c2ccccc2)c2cccc(-c3cccc4ccccc34)n2)c(C)c1.Cc1ccc2ccccc2c1NC(c1cccc(-c2cccc3ccccc23)n1)c1c2ccccc2cc2ccccc12. The summed E-state index contributed by atoms with van der Waals surface area (Å²) in [6, 6.07) is 90.3. The maximum atomic E-state index is 5.43. The second kappa shape index (κ2) is 20.9. The van der Waals surface area contributed by atoms with Crippen molar-refractivity contribution in [3.05, 3.63) is 300 Å². The van der Waals surface area contributed by atoms with E-state index >= 15 is 0 Å². The van der Waals surface area contributed by atoms with Crippen LogP contribution in [0, 0.1) is 27.7 Å². The fraction of sp³-hybridized carbons (Fsp3) is 0.0833. The largest absolute Gasteiger partial charge is 0.372 e. The monoisotopic (exact) mass is 978 g/mol. The molecule has 0 spiro atoms. The molecule has 2 unspecified atom stereocenters. The van der Waals surface area contributed by atoms with Crippen molar-refractivity contribution >= 4 is 65.2 Å². The number of nitrogens with one attached hydrogen (secondary N) is 2. The number of benzene rings is 11. The van der Waals surface area contributed by atoms with Gasteiger partial charge in [-0.15, -0.1) is 0 Å². The molecule has 0 bridgehead atoms. The first kappa shape index (κ1) is 47.6. The van der Waals surface area contributed by atoms with Crippen LogP contribution in [0.5, 0.6) is 0 Å². The minimum atomic E-state index is -0.199. The third-order valence-corrected chi connectivity index (χ3v) is 14.9. The number of hydrogen-bond acceptors (Lipinski definition) is 4. The molecule has 11 aromatic carbocycles. The second-order valence-corrected chi connectivity index (χ2v) is 20.0. The first-order valence-electron chi connectivity index (χ1n) is 26.3. The van der Waals surface area contributed by atoms with Crippen LogP contribution >= 0.6 is 0 Å². The fourth-order valence-electron chi connectivity index (χ4n) is 11.3. The Morgan fingerprint density at radius 3 is 1.28 bits per heavy atom. The topological polar surface area (TPSA) is 49.8 Å². The number of anilines is 2. The number of aryl methyl sites for hydroxylation is 4. The third-order valence-electron chi connectivity index (χ3n) is 14.9. The summed E-state index contributed by atoms with van der Waals surface area (Å²) in [5.74, 6) is 0. The zero-order chi connectivity index (χ0) is 51.5. The molecule has 13 aromatic rings. The molecular weight excluding hydrogens is 921 g/mol. The molecule has 0 aliphatic heterocycles. The Bertz CT molecular complexity index is 4170. The molecule has 0 aliphatic rings. The Morgan fingerprint density at radius 2 is 0.724 bits per heavy atom. The van der Waals surface area contributed by atoms with Crippen molar-refractivity contribution in [1.82, 2.24) is 9.97 Å². The molecule has 2 heterocycles. The zero-order valence-corrected chi connectivity index (χ0v) is 43.3. The number of fused-ring (bicyclic) bond motifs is 5. The number of rotatable bonds is 10. The van der Waals surface area contributed by atoms with Gasteiger partial charge in [0.15, 0.2) is 0 Å². The molecule has 0 fully saturated rings. The molecule has 0 saturated carbocycles. The lowest BCUT2D eigenvalue weighted by Gasteiger charge is -2.26. The fourth-order valence-corrected chi connectivity index (χ4v) is 11.3. The molecule has 0 radical (unpaired) electrons. The molecule has 13 rings (SSSR count). The van der Waals surface area contributed by atoms with E-state index in [-0.39, 0.29) is 12.1 Å². The summed E-state index contributed by atoms with van der Waals surface area (Å²) in [6.45, 7) is 8.68. The molecule has 0 saturated heterocycles. The van der Waals surface area contributed by atoms with E-state index in [1.54, 1.807) is 0 Å². The average molecular weight is 979 g/mol. The predicted molar refractivity (Wildman–Crippen MR) is 323 cm³/mol. The van der Waals surface area contributed by atoms with E-state index in [4.69, 9.17) is 9.97 Å². The summed E-state index contributed by atoms with van der Waals surface area (Å²) < 4.78 is 0. The van der Waals surface area contributed by atoms with Crippen LogP contribution in [0.15, 0.2) is 255 Å². The highest BCUT2D eigenvalue weighted by molar-refractivity contribution is 6.04. The van der Waals surface area contributed by atoms with Crippen LogP contribution in [0.4, 0.5) is 11.4 Å². The lowest BCUT2D eigenvalue weighted by atomic mass is 9.89. The Labute approximate surface area is 445 Å². The second-order valence-electron chi connectivity index (χ2n) is 20.0. The van der Waals surface area contributed by atoms with Gasteiger partial charge in [0, 0.05) is 27.9 Å². The summed E-state index contributed by atoms with van der Waals surface area (Å²) in [4.78, 5) is 10.6. The predicted octanol–water partition coefficient (Wildman–Crippen LogP) is 18.9. The quantitative estimate of drug-likeness (QED) is 0.134. The molecule has 2 aromatic heterocycles. The average Bonchev–Trinajstić information content (AvgIpc) is 3.49. The number of pyridine rings is 2. The lowest BCUT2D eigenvalue weighted by Crippen LogP contribution is -2.16. The Morgan fingerprint density at radius 1 is 0.303 bits per heavy atom. The van der Waals surface area contributed by atoms with Crippen molar-refractivity contribution in [2.24, 2.45) is 0 Å². The van der Waals surface area contributed by atoms with Crippen molar-refractivity contribution in [2.45, 2.75) is 39.8 Å². The molecule has 4 nitrogen and oxygen atoms in total. The van der Waals surface area contributed by atoms with Crippen molar-refractivity contribution < 1.29 is 0 Å². The molecule has 0 aliphatic carbocycles. The van der Waals surface area contributed by atoms with E-state index in [1.165, 1.54) is 92.9 Å².